The van der Waals surface area contributed by atoms with Gasteiger partial charge in [-0.2, -0.15) is 0 Å². The van der Waals surface area contributed by atoms with E-state index in [1.807, 2.05) is 0 Å². The fourth-order valence-corrected chi connectivity index (χ4v) is 8.45. The number of hydrogen-bond donors (Lipinski definition) is 0. The summed E-state index contributed by atoms with van der Waals surface area (Å²) in [5, 5.41) is 13.1. The minimum atomic E-state index is -0.0948. The molecule has 0 amide bonds. The molecule has 0 saturated carbocycles. The maximum absolute atomic E-state index is 2.48. The van der Waals surface area contributed by atoms with E-state index in [0.29, 0.717) is 0 Å². The number of fused-ring (bicyclic) bond motifs is 5. The fraction of sp³-hybridized carbons (Fsp3) is 0.0667. The van der Waals surface area contributed by atoms with E-state index in [1.165, 1.54) is 98.4 Å². The van der Waals surface area contributed by atoms with Crippen molar-refractivity contribution in [3.63, 3.8) is 0 Å². The van der Waals surface area contributed by atoms with E-state index in [4.69, 9.17) is 0 Å². The maximum Gasteiger partial charge on any atom is 0.0159 e. The summed E-state index contributed by atoms with van der Waals surface area (Å²) in [4.78, 5) is 0. The highest BCUT2D eigenvalue weighted by Gasteiger charge is 2.37. The Hall–Kier alpha value is -5.46. The third-order valence-electron chi connectivity index (χ3n) is 10.6. The van der Waals surface area contributed by atoms with Gasteiger partial charge in [0.1, 0.15) is 0 Å². The van der Waals surface area contributed by atoms with Crippen molar-refractivity contribution in [3.8, 4) is 33.4 Å². The molecular weight excluding hydrogens is 540 g/mol. The maximum atomic E-state index is 2.48. The first-order valence-corrected chi connectivity index (χ1v) is 15.9. The molecule has 0 radical (unpaired) electrons. The van der Waals surface area contributed by atoms with Crippen molar-refractivity contribution in [2.45, 2.75) is 19.3 Å². The van der Waals surface area contributed by atoms with E-state index >= 15 is 0 Å². The molecule has 1 aliphatic carbocycles. The Kier molecular flexibility index (Phi) is 4.88. The van der Waals surface area contributed by atoms with Crippen molar-refractivity contribution in [2.24, 2.45) is 0 Å². The van der Waals surface area contributed by atoms with Gasteiger partial charge in [-0.3, -0.25) is 0 Å². The first-order chi connectivity index (χ1) is 22.1. The van der Waals surface area contributed by atoms with Crippen molar-refractivity contribution in [1.82, 2.24) is 0 Å². The summed E-state index contributed by atoms with van der Waals surface area (Å²) in [5.41, 5.74) is 10.7. The van der Waals surface area contributed by atoms with Gasteiger partial charge in [-0.25, -0.2) is 0 Å². The van der Waals surface area contributed by atoms with E-state index < -0.39 is 0 Å². The summed E-state index contributed by atoms with van der Waals surface area (Å²) in [6.07, 6.45) is 0. The predicted molar refractivity (Wildman–Crippen MR) is 194 cm³/mol. The van der Waals surface area contributed by atoms with Crippen LogP contribution in [0.5, 0.6) is 0 Å². The van der Waals surface area contributed by atoms with Gasteiger partial charge in [0.15, 0.2) is 0 Å². The molecule has 0 saturated heterocycles. The second-order valence-electron chi connectivity index (χ2n) is 13.3. The van der Waals surface area contributed by atoms with Gasteiger partial charge >= 0.3 is 0 Å². The number of benzene rings is 9. The monoisotopic (exact) mass is 570 g/mol. The molecule has 10 rings (SSSR count). The molecular formula is C45H30. The molecule has 210 valence electrons. The second kappa shape index (κ2) is 8.80. The summed E-state index contributed by atoms with van der Waals surface area (Å²) >= 11 is 0. The molecule has 0 unspecified atom stereocenters. The number of rotatable bonds is 2. The molecule has 0 atom stereocenters. The minimum Gasteiger partial charge on any atom is -0.0619 e. The molecule has 0 spiro atoms. The Bertz CT molecular complexity index is 2650. The summed E-state index contributed by atoms with van der Waals surface area (Å²) in [7, 11) is 0. The van der Waals surface area contributed by atoms with Gasteiger partial charge in [0.2, 0.25) is 0 Å². The van der Waals surface area contributed by atoms with Gasteiger partial charge in [-0.15, -0.1) is 0 Å². The standard InChI is InChI=1S/C45H30/c1-45(2)39-16-6-5-14-38(39)44-40(45)26-32-25-31(21-23-35(32)43(44)36-15-8-10-27-9-3-4-13-33(27)36)34-22-19-30-18-17-28-11-7-12-29-20-24-37(34)42(30)41(28)29/h3-26H,1-2H3. The summed E-state index contributed by atoms with van der Waals surface area (Å²) in [6, 6.07) is 54.7. The van der Waals surface area contributed by atoms with Gasteiger partial charge < -0.3 is 0 Å². The Balaban J connectivity index is 1.30. The molecule has 9 aromatic rings. The first-order valence-electron chi connectivity index (χ1n) is 15.9. The molecule has 0 nitrogen and oxygen atoms in total. The topological polar surface area (TPSA) is 0 Å². The van der Waals surface area contributed by atoms with Crippen LogP contribution in [0.15, 0.2) is 146 Å². The van der Waals surface area contributed by atoms with Crippen molar-refractivity contribution in [2.75, 3.05) is 0 Å². The van der Waals surface area contributed by atoms with Crippen LogP contribution in [-0.2, 0) is 5.41 Å². The third kappa shape index (κ3) is 3.32. The van der Waals surface area contributed by atoms with Crippen LogP contribution in [0, 0.1) is 0 Å². The van der Waals surface area contributed by atoms with Gasteiger partial charge in [0.05, 0.1) is 0 Å². The lowest BCUT2D eigenvalue weighted by molar-refractivity contribution is 0.661. The fourth-order valence-electron chi connectivity index (χ4n) is 8.45. The zero-order valence-electron chi connectivity index (χ0n) is 25.4. The zero-order valence-corrected chi connectivity index (χ0v) is 25.4. The summed E-state index contributed by atoms with van der Waals surface area (Å²) in [6.45, 7) is 4.78. The highest BCUT2D eigenvalue weighted by atomic mass is 14.4. The average molecular weight is 571 g/mol. The molecule has 0 aliphatic heterocycles. The summed E-state index contributed by atoms with van der Waals surface area (Å²) < 4.78 is 0. The molecule has 0 bridgehead atoms. The number of hydrogen-bond acceptors (Lipinski definition) is 0. The van der Waals surface area contributed by atoms with E-state index in [0.717, 1.165) is 0 Å². The predicted octanol–water partition coefficient (Wildman–Crippen LogP) is 12.5. The highest BCUT2D eigenvalue weighted by molar-refractivity contribution is 6.25. The van der Waals surface area contributed by atoms with Crippen LogP contribution in [0.3, 0.4) is 0 Å². The smallest absolute Gasteiger partial charge is 0.0159 e. The van der Waals surface area contributed by atoms with Crippen molar-refractivity contribution >= 4 is 53.9 Å². The van der Waals surface area contributed by atoms with E-state index in [2.05, 4.69) is 159 Å². The van der Waals surface area contributed by atoms with Gasteiger partial charge in [-0.05, 0) is 111 Å². The summed E-state index contributed by atoms with van der Waals surface area (Å²) in [5.74, 6) is 0. The third-order valence-corrected chi connectivity index (χ3v) is 10.6. The lowest BCUT2D eigenvalue weighted by Gasteiger charge is -2.23. The van der Waals surface area contributed by atoms with Gasteiger partial charge in [0.25, 0.3) is 0 Å². The zero-order chi connectivity index (χ0) is 29.9. The van der Waals surface area contributed by atoms with Gasteiger partial charge in [0, 0.05) is 5.41 Å². The quantitative estimate of drug-likeness (QED) is 0.181. The lowest BCUT2D eigenvalue weighted by Crippen LogP contribution is -2.15. The van der Waals surface area contributed by atoms with Crippen LogP contribution in [-0.4, -0.2) is 0 Å². The Labute approximate surface area is 262 Å². The molecule has 0 heteroatoms. The minimum absolute atomic E-state index is 0.0948. The lowest BCUT2D eigenvalue weighted by atomic mass is 9.80. The molecule has 0 fully saturated rings. The van der Waals surface area contributed by atoms with Crippen LogP contribution < -0.4 is 0 Å². The Morgan fingerprint density at radius 2 is 1.00 bits per heavy atom. The molecule has 0 aromatic heterocycles. The normalized spacial score (nSPS) is 13.7. The van der Waals surface area contributed by atoms with E-state index in [9.17, 15) is 0 Å². The molecule has 0 heterocycles. The first kappa shape index (κ1) is 24.9. The molecule has 45 heavy (non-hydrogen) atoms. The molecule has 9 aromatic carbocycles. The van der Waals surface area contributed by atoms with E-state index in [-0.39, 0.29) is 5.41 Å². The average Bonchev–Trinajstić information content (AvgIpc) is 3.31. The Morgan fingerprint density at radius 1 is 0.356 bits per heavy atom. The molecule has 0 N–H and O–H groups in total. The van der Waals surface area contributed by atoms with Crippen molar-refractivity contribution in [1.29, 1.82) is 0 Å². The van der Waals surface area contributed by atoms with Crippen LogP contribution >= 0.6 is 0 Å². The highest BCUT2D eigenvalue weighted by Crippen LogP contribution is 2.55. The molecule has 1 aliphatic rings. The van der Waals surface area contributed by atoms with Crippen LogP contribution in [0.25, 0.3) is 87.2 Å². The SMILES string of the molecule is CC1(C)c2ccccc2-c2c1cc1cc(-c3ccc4ccc5cccc6ccc3c4c56)ccc1c2-c1cccc2ccccc12. The van der Waals surface area contributed by atoms with Gasteiger partial charge in [-0.1, -0.05) is 147 Å². The second-order valence-corrected chi connectivity index (χ2v) is 13.3. The van der Waals surface area contributed by atoms with Crippen molar-refractivity contribution < 1.29 is 0 Å². The van der Waals surface area contributed by atoms with E-state index in [1.54, 1.807) is 0 Å². The van der Waals surface area contributed by atoms with Crippen LogP contribution in [0.1, 0.15) is 25.0 Å². The van der Waals surface area contributed by atoms with Crippen LogP contribution in [0.2, 0.25) is 0 Å². The Morgan fingerprint density at radius 3 is 1.89 bits per heavy atom. The van der Waals surface area contributed by atoms with Crippen molar-refractivity contribution in [3.05, 3.63) is 157 Å². The van der Waals surface area contributed by atoms with Crippen LogP contribution in [0.4, 0.5) is 0 Å². The largest absolute Gasteiger partial charge is 0.0619 e.